The van der Waals surface area contributed by atoms with Crippen LogP contribution in [0.15, 0.2) is 54.6 Å². The number of nitrogens with zero attached hydrogens (tertiary/aromatic N) is 1. The second-order valence-electron chi connectivity index (χ2n) is 7.58. The van der Waals surface area contributed by atoms with E-state index < -0.39 is 5.97 Å². The molecule has 6 nitrogen and oxygen atoms in total. The van der Waals surface area contributed by atoms with Crippen LogP contribution in [0.4, 0.5) is 5.69 Å². The van der Waals surface area contributed by atoms with Gasteiger partial charge in [0.1, 0.15) is 23.6 Å². The van der Waals surface area contributed by atoms with Crippen molar-refractivity contribution in [2.45, 2.75) is 6.54 Å². The van der Waals surface area contributed by atoms with Gasteiger partial charge < -0.3 is 24.4 Å². The molecule has 1 aliphatic heterocycles. The molecule has 0 amide bonds. The molecule has 3 aromatic rings. The average molecular weight is 407 g/mol. The van der Waals surface area contributed by atoms with Crippen LogP contribution in [0.3, 0.4) is 0 Å². The summed E-state index contributed by atoms with van der Waals surface area (Å²) < 4.78 is 10.1. The largest absolute Gasteiger partial charge is 0.507 e. The summed E-state index contributed by atoms with van der Waals surface area (Å²) in [5, 5.41) is 12.8. The highest BCUT2D eigenvalue weighted by Gasteiger charge is 2.25. The lowest BCUT2D eigenvalue weighted by molar-refractivity contribution is -0.914. The van der Waals surface area contributed by atoms with Crippen molar-refractivity contribution in [3.05, 3.63) is 65.7 Å². The van der Waals surface area contributed by atoms with E-state index in [4.69, 9.17) is 9.47 Å². The van der Waals surface area contributed by atoms with Crippen molar-refractivity contribution in [1.29, 1.82) is 0 Å². The van der Waals surface area contributed by atoms with E-state index in [9.17, 15) is 9.90 Å². The van der Waals surface area contributed by atoms with Gasteiger partial charge in [-0.05, 0) is 41.1 Å². The minimum Gasteiger partial charge on any atom is -0.507 e. The highest BCUT2D eigenvalue weighted by Crippen LogP contribution is 2.31. The Kier molecular flexibility index (Phi) is 5.77. The van der Waals surface area contributed by atoms with E-state index in [0.717, 1.165) is 48.3 Å². The number of carbonyl (C=O) groups is 1. The summed E-state index contributed by atoms with van der Waals surface area (Å²) in [6, 6.07) is 17.7. The number of rotatable bonds is 5. The molecule has 156 valence electrons. The number of aromatic hydroxyl groups is 1. The van der Waals surface area contributed by atoms with Gasteiger partial charge in [0.15, 0.2) is 0 Å². The Labute approximate surface area is 176 Å². The molecule has 0 saturated carbocycles. The third kappa shape index (κ3) is 3.91. The SMILES string of the molecule is COC(=O)c1cc2ccccc2c(C[NH+]2CCN(c3ccc(OC)cc3)CC2)c1O. The van der Waals surface area contributed by atoms with E-state index in [1.54, 1.807) is 13.2 Å². The molecule has 0 bridgehead atoms. The molecular formula is C24H27N2O4+. The number of nitrogens with one attached hydrogen (secondary N) is 1. The summed E-state index contributed by atoms with van der Waals surface area (Å²) in [4.78, 5) is 15.9. The quantitative estimate of drug-likeness (QED) is 0.636. The van der Waals surface area contributed by atoms with E-state index in [0.29, 0.717) is 6.54 Å². The summed E-state index contributed by atoms with van der Waals surface area (Å²) in [5.74, 6) is 0.375. The lowest BCUT2D eigenvalue weighted by Gasteiger charge is -2.34. The number of phenolic OH excluding ortho intramolecular Hbond substituents is 1. The molecule has 0 aliphatic carbocycles. The number of phenols is 1. The third-order valence-electron chi connectivity index (χ3n) is 5.87. The van der Waals surface area contributed by atoms with Gasteiger partial charge in [-0.25, -0.2) is 4.79 Å². The first kappa shape index (κ1) is 20.0. The van der Waals surface area contributed by atoms with Crippen LogP contribution in [0.5, 0.6) is 11.5 Å². The average Bonchev–Trinajstić information content (AvgIpc) is 2.80. The molecule has 30 heavy (non-hydrogen) atoms. The fraction of sp³-hybridized carbons (Fsp3) is 0.292. The number of piperazine rings is 1. The van der Waals surface area contributed by atoms with Crippen molar-refractivity contribution in [1.82, 2.24) is 0 Å². The Morgan fingerprint density at radius 3 is 2.43 bits per heavy atom. The molecule has 0 radical (unpaired) electrons. The predicted molar refractivity (Wildman–Crippen MR) is 117 cm³/mol. The van der Waals surface area contributed by atoms with Crippen LogP contribution in [0.2, 0.25) is 0 Å². The molecule has 0 spiro atoms. The zero-order chi connectivity index (χ0) is 21.1. The van der Waals surface area contributed by atoms with Crippen LogP contribution in [0.1, 0.15) is 15.9 Å². The lowest BCUT2D eigenvalue weighted by Crippen LogP contribution is -3.13. The van der Waals surface area contributed by atoms with Crippen LogP contribution in [-0.2, 0) is 11.3 Å². The van der Waals surface area contributed by atoms with Gasteiger partial charge in [0.25, 0.3) is 0 Å². The van der Waals surface area contributed by atoms with Crippen molar-refractivity contribution in [2.24, 2.45) is 0 Å². The zero-order valence-electron chi connectivity index (χ0n) is 17.4. The molecule has 1 fully saturated rings. The molecular weight excluding hydrogens is 380 g/mol. The summed E-state index contributed by atoms with van der Waals surface area (Å²) in [7, 11) is 3.01. The summed E-state index contributed by atoms with van der Waals surface area (Å²) >= 11 is 0. The molecule has 2 N–H and O–H groups in total. The maximum atomic E-state index is 12.2. The van der Waals surface area contributed by atoms with Crippen LogP contribution in [-0.4, -0.2) is 51.5 Å². The summed E-state index contributed by atoms with van der Waals surface area (Å²) in [6.07, 6.45) is 0. The van der Waals surface area contributed by atoms with E-state index in [1.807, 2.05) is 36.4 Å². The Bertz CT molecular complexity index is 1040. The first-order valence-corrected chi connectivity index (χ1v) is 10.1. The van der Waals surface area contributed by atoms with Gasteiger partial charge in [0, 0.05) is 5.69 Å². The van der Waals surface area contributed by atoms with Crippen molar-refractivity contribution >= 4 is 22.4 Å². The fourth-order valence-electron chi connectivity index (χ4n) is 4.16. The minimum atomic E-state index is -0.515. The smallest absolute Gasteiger partial charge is 0.341 e. The number of ether oxygens (including phenoxy) is 2. The second kappa shape index (κ2) is 8.63. The molecule has 4 rings (SSSR count). The van der Waals surface area contributed by atoms with Crippen LogP contribution in [0.25, 0.3) is 10.8 Å². The topological polar surface area (TPSA) is 63.4 Å². The molecule has 0 atom stereocenters. The molecule has 1 heterocycles. The minimum absolute atomic E-state index is 0.0330. The van der Waals surface area contributed by atoms with Crippen molar-refractivity contribution in [3.63, 3.8) is 0 Å². The van der Waals surface area contributed by atoms with Crippen LogP contribution >= 0.6 is 0 Å². The molecule has 3 aromatic carbocycles. The molecule has 6 heteroatoms. The van der Waals surface area contributed by atoms with Gasteiger partial charge >= 0.3 is 5.97 Å². The van der Waals surface area contributed by atoms with Crippen molar-refractivity contribution < 1.29 is 24.3 Å². The normalized spacial score (nSPS) is 14.7. The maximum Gasteiger partial charge on any atom is 0.341 e. The Hall–Kier alpha value is -3.25. The lowest BCUT2D eigenvalue weighted by atomic mass is 9.98. The number of anilines is 1. The van der Waals surface area contributed by atoms with E-state index in [2.05, 4.69) is 17.0 Å². The summed E-state index contributed by atoms with van der Waals surface area (Å²) in [6.45, 7) is 4.41. The monoisotopic (exact) mass is 407 g/mol. The number of benzene rings is 3. The number of hydrogen-bond acceptors (Lipinski definition) is 5. The van der Waals surface area contributed by atoms with Gasteiger partial charge in [-0.3, -0.25) is 0 Å². The first-order chi connectivity index (χ1) is 14.6. The van der Waals surface area contributed by atoms with Gasteiger partial charge in [-0.15, -0.1) is 0 Å². The molecule has 1 aliphatic rings. The molecule has 0 unspecified atom stereocenters. The van der Waals surface area contributed by atoms with E-state index in [-0.39, 0.29) is 11.3 Å². The van der Waals surface area contributed by atoms with E-state index >= 15 is 0 Å². The Balaban J connectivity index is 1.53. The molecule has 1 saturated heterocycles. The van der Waals surface area contributed by atoms with Crippen molar-refractivity contribution in [2.75, 3.05) is 45.3 Å². The number of quaternary nitrogens is 1. The fourth-order valence-corrected chi connectivity index (χ4v) is 4.16. The van der Waals surface area contributed by atoms with Gasteiger partial charge in [0.2, 0.25) is 0 Å². The number of esters is 1. The number of carbonyl (C=O) groups excluding carboxylic acids is 1. The van der Waals surface area contributed by atoms with Gasteiger partial charge in [-0.2, -0.15) is 0 Å². The molecule has 0 aromatic heterocycles. The van der Waals surface area contributed by atoms with Crippen LogP contribution in [0, 0.1) is 0 Å². The summed E-state index contributed by atoms with van der Waals surface area (Å²) in [5.41, 5.74) is 2.22. The number of methoxy groups -OCH3 is 2. The zero-order valence-corrected chi connectivity index (χ0v) is 17.4. The highest BCUT2D eigenvalue weighted by atomic mass is 16.5. The van der Waals surface area contributed by atoms with Gasteiger partial charge in [0.05, 0.1) is 46.0 Å². The van der Waals surface area contributed by atoms with Crippen molar-refractivity contribution in [3.8, 4) is 11.5 Å². The predicted octanol–water partition coefficient (Wildman–Crippen LogP) is 2.25. The number of hydrogen-bond donors (Lipinski definition) is 2. The second-order valence-corrected chi connectivity index (χ2v) is 7.58. The first-order valence-electron chi connectivity index (χ1n) is 10.1. The standard InChI is InChI=1S/C24H26N2O4/c1-29-19-9-7-18(8-10-19)26-13-11-25(12-14-26)16-22-20-6-4-3-5-17(20)15-21(23(22)27)24(28)30-2/h3-10,15,27H,11-14,16H2,1-2H3/p+1. The van der Waals surface area contributed by atoms with E-state index in [1.165, 1.54) is 17.7 Å². The number of fused-ring (bicyclic) bond motifs is 1. The maximum absolute atomic E-state index is 12.2. The Morgan fingerprint density at radius 1 is 1.07 bits per heavy atom. The van der Waals surface area contributed by atoms with Gasteiger partial charge in [-0.1, -0.05) is 24.3 Å². The van der Waals surface area contributed by atoms with Crippen LogP contribution < -0.4 is 14.5 Å². The highest BCUT2D eigenvalue weighted by molar-refractivity contribution is 6.00. The Morgan fingerprint density at radius 2 is 1.77 bits per heavy atom. The third-order valence-corrected chi connectivity index (χ3v) is 5.87.